The van der Waals surface area contributed by atoms with E-state index < -0.39 is 10.8 Å². The van der Waals surface area contributed by atoms with Gasteiger partial charge in [-0.25, -0.2) is 0 Å². The average molecular weight is 309 g/mol. The first-order valence-corrected chi connectivity index (χ1v) is 8.74. The van der Waals surface area contributed by atoms with Crippen LogP contribution in [0.1, 0.15) is 18.5 Å². The molecule has 3 nitrogen and oxygen atoms in total. The van der Waals surface area contributed by atoms with Crippen LogP contribution >= 0.6 is 11.3 Å². The summed E-state index contributed by atoms with van der Waals surface area (Å²) in [5.74, 6) is 1.39. The Morgan fingerprint density at radius 2 is 2.10 bits per heavy atom. The summed E-state index contributed by atoms with van der Waals surface area (Å²) in [5, 5.41) is 5.35. The molecule has 0 amide bonds. The second-order valence-corrected chi connectivity index (χ2v) is 6.97. The first-order valence-electron chi connectivity index (χ1n) is 6.54. The summed E-state index contributed by atoms with van der Waals surface area (Å²) in [6, 6.07) is 11.8. The quantitative estimate of drug-likeness (QED) is 0.853. The second kappa shape index (κ2) is 7.57. The molecule has 2 rings (SSSR count). The Morgan fingerprint density at radius 3 is 2.75 bits per heavy atom. The maximum atomic E-state index is 12.4. The zero-order chi connectivity index (χ0) is 14.4. The average Bonchev–Trinajstić information content (AvgIpc) is 3.01. The summed E-state index contributed by atoms with van der Waals surface area (Å²) in [6.45, 7) is 2.88. The van der Waals surface area contributed by atoms with Crippen LogP contribution in [0.5, 0.6) is 5.75 Å². The molecule has 2 atom stereocenters. The molecule has 0 radical (unpaired) electrons. The molecule has 0 aliphatic heterocycles. The Bertz CT molecular complexity index is 555. The van der Waals surface area contributed by atoms with E-state index in [0.717, 1.165) is 22.1 Å². The minimum absolute atomic E-state index is 0.0269. The predicted octanol–water partition coefficient (Wildman–Crippen LogP) is 3.22. The smallest absolute Gasteiger partial charge is 0.123 e. The van der Waals surface area contributed by atoms with Crippen molar-refractivity contribution < 1.29 is 8.95 Å². The largest absolute Gasteiger partial charge is 0.496 e. The molecular weight excluding hydrogens is 290 g/mol. The molecule has 0 fully saturated rings. The van der Waals surface area contributed by atoms with Gasteiger partial charge in [-0.15, -0.1) is 11.3 Å². The zero-order valence-electron chi connectivity index (χ0n) is 11.7. The molecule has 0 saturated heterocycles. The van der Waals surface area contributed by atoms with E-state index in [9.17, 15) is 4.21 Å². The van der Waals surface area contributed by atoms with Gasteiger partial charge in [0, 0.05) is 17.4 Å². The summed E-state index contributed by atoms with van der Waals surface area (Å²) in [5.41, 5.74) is 1.06. The third kappa shape index (κ3) is 3.69. The molecule has 2 aromatic rings. The van der Waals surface area contributed by atoms with Crippen molar-refractivity contribution >= 4 is 22.1 Å². The van der Waals surface area contributed by atoms with Crippen LogP contribution in [-0.4, -0.2) is 23.6 Å². The highest BCUT2D eigenvalue weighted by molar-refractivity contribution is 7.87. The molecule has 108 valence electrons. The van der Waals surface area contributed by atoms with Gasteiger partial charge in [0.15, 0.2) is 0 Å². The van der Waals surface area contributed by atoms with Gasteiger partial charge in [-0.05, 0) is 24.1 Å². The molecule has 0 spiro atoms. The topological polar surface area (TPSA) is 38.3 Å². The monoisotopic (exact) mass is 309 g/mol. The van der Waals surface area contributed by atoms with Gasteiger partial charge in [-0.3, -0.25) is 4.21 Å². The van der Waals surface area contributed by atoms with E-state index in [1.54, 1.807) is 7.11 Å². The van der Waals surface area contributed by atoms with Gasteiger partial charge < -0.3 is 10.1 Å². The molecule has 0 saturated carbocycles. The van der Waals surface area contributed by atoms with E-state index in [-0.39, 0.29) is 6.04 Å². The maximum absolute atomic E-state index is 12.4. The molecule has 20 heavy (non-hydrogen) atoms. The van der Waals surface area contributed by atoms with Crippen molar-refractivity contribution in [2.75, 3.05) is 19.4 Å². The third-order valence-corrected chi connectivity index (χ3v) is 5.73. The molecule has 1 N–H and O–H groups in total. The molecule has 5 heteroatoms. The number of hydrogen-bond donors (Lipinski definition) is 1. The number of methoxy groups -OCH3 is 1. The van der Waals surface area contributed by atoms with Gasteiger partial charge in [0.1, 0.15) is 5.75 Å². The highest BCUT2D eigenvalue weighted by Crippen LogP contribution is 2.27. The fraction of sp³-hybridized carbons (Fsp3) is 0.333. The standard InChI is InChI=1S/C15H19NO2S2/c1-3-16-13(11-20(17)15-9-6-10-19-15)12-7-4-5-8-14(12)18-2/h4-10,13,16H,3,11H2,1-2H3. The molecule has 0 aliphatic rings. The van der Waals surface area contributed by atoms with Crippen LogP contribution in [0.15, 0.2) is 46.0 Å². The summed E-state index contributed by atoms with van der Waals surface area (Å²) >= 11 is 1.54. The molecule has 1 heterocycles. The number of benzene rings is 1. The van der Waals surface area contributed by atoms with Gasteiger partial charge in [0.05, 0.1) is 22.1 Å². The molecule has 0 aliphatic carbocycles. The van der Waals surface area contributed by atoms with E-state index in [2.05, 4.69) is 12.2 Å². The summed E-state index contributed by atoms with van der Waals surface area (Å²) in [6.07, 6.45) is 0. The van der Waals surface area contributed by atoms with E-state index >= 15 is 0 Å². The molecule has 1 aromatic heterocycles. The lowest BCUT2D eigenvalue weighted by molar-refractivity contribution is 0.403. The Balaban J connectivity index is 2.20. The molecule has 2 unspecified atom stereocenters. The fourth-order valence-corrected chi connectivity index (χ4v) is 4.33. The van der Waals surface area contributed by atoms with Gasteiger partial charge in [0.25, 0.3) is 0 Å². The SMILES string of the molecule is CCNC(CS(=O)c1cccs1)c1ccccc1OC. The van der Waals surface area contributed by atoms with E-state index in [1.165, 1.54) is 11.3 Å². The Kier molecular flexibility index (Phi) is 5.76. The van der Waals surface area contributed by atoms with Crippen molar-refractivity contribution in [2.24, 2.45) is 0 Å². The van der Waals surface area contributed by atoms with Crippen LogP contribution in [0.4, 0.5) is 0 Å². The van der Waals surface area contributed by atoms with E-state index in [4.69, 9.17) is 4.74 Å². The summed E-state index contributed by atoms with van der Waals surface area (Å²) in [4.78, 5) is 0. The molecular formula is C15H19NO2S2. The zero-order valence-corrected chi connectivity index (χ0v) is 13.3. The third-order valence-electron chi connectivity index (χ3n) is 3.00. The lowest BCUT2D eigenvalue weighted by atomic mass is 10.1. The van der Waals surface area contributed by atoms with E-state index in [0.29, 0.717) is 5.75 Å². The maximum Gasteiger partial charge on any atom is 0.123 e. The number of para-hydroxylation sites is 1. The molecule has 1 aromatic carbocycles. The van der Waals surface area contributed by atoms with Crippen molar-refractivity contribution in [2.45, 2.75) is 17.2 Å². The van der Waals surface area contributed by atoms with Gasteiger partial charge in [-0.1, -0.05) is 31.2 Å². The van der Waals surface area contributed by atoms with Crippen LogP contribution in [0.2, 0.25) is 0 Å². The summed E-state index contributed by atoms with van der Waals surface area (Å²) < 4.78 is 18.7. The van der Waals surface area contributed by atoms with Gasteiger partial charge >= 0.3 is 0 Å². The van der Waals surface area contributed by atoms with Crippen LogP contribution in [0, 0.1) is 0 Å². The number of nitrogens with one attached hydrogen (secondary N) is 1. The lowest BCUT2D eigenvalue weighted by Gasteiger charge is -2.20. The highest BCUT2D eigenvalue weighted by atomic mass is 32.2. The first-order chi connectivity index (χ1) is 9.76. The number of hydrogen-bond acceptors (Lipinski definition) is 4. The van der Waals surface area contributed by atoms with Crippen molar-refractivity contribution in [1.29, 1.82) is 0 Å². The van der Waals surface area contributed by atoms with Crippen LogP contribution in [-0.2, 0) is 10.8 Å². The fourth-order valence-electron chi connectivity index (χ4n) is 2.09. The van der Waals surface area contributed by atoms with Crippen molar-refractivity contribution in [1.82, 2.24) is 5.32 Å². The Hall–Kier alpha value is -1.17. The Labute approximate surface area is 126 Å². The highest BCUT2D eigenvalue weighted by Gasteiger charge is 2.19. The van der Waals surface area contributed by atoms with Gasteiger partial charge in [0.2, 0.25) is 0 Å². The normalized spacial score (nSPS) is 13.9. The number of thiophene rings is 1. The number of rotatable bonds is 7. The minimum atomic E-state index is -0.994. The van der Waals surface area contributed by atoms with Crippen molar-refractivity contribution in [3.05, 3.63) is 47.3 Å². The Morgan fingerprint density at radius 1 is 1.30 bits per heavy atom. The number of ether oxygens (including phenoxy) is 1. The van der Waals surface area contributed by atoms with Crippen LogP contribution in [0.25, 0.3) is 0 Å². The van der Waals surface area contributed by atoms with Crippen molar-refractivity contribution in [3.8, 4) is 5.75 Å². The van der Waals surface area contributed by atoms with Gasteiger partial charge in [-0.2, -0.15) is 0 Å². The minimum Gasteiger partial charge on any atom is -0.496 e. The summed E-state index contributed by atoms with van der Waals surface area (Å²) in [7, 11) is 0.671. The lowest BCUT2D eigenvalue weighted by Crippen LogP contribution is -2.26. The first kappa shape index (κ1) is 15.2. The van der Waals surface area contributed by atoms with E-state index in [1.807, 2.05) is 41.8 Å². The van der Waals surface area contributed by atoms with Crippen molar-refractivity contribution in [3.63, 3.8) is 0 Å². The van der Waals surface area contributed by atoms with Crippen LogP contribution in [0.3, 0.4) is 0 Å². The predicted molar refractivity (Wildman–Crippen MR) is 85.0 cm³/mol. The molecule has 0 bridgehead atoms. The van der Waals surface area contributed by atoms with Crippen LogP contribution < -0.4 is 10.1 Å². The second-order valence-electron chi connectivity index (χ2n) is 4.30.